The van der Waals surface area contributed by atoms with Crippen LogP contribution in [-0.4, -0.2) is 17.5 Å². The van der Waals surface area contributed by atoms with Crippen molar-refractivity contribution >= 4 is 11.9 Å². The largest absolute Gasteiger partial charge is 0.458 e. The highest BCUT2D eigenvalue weighted by molar-refractivity contribution is 5.86. The Morgan fingerprint density at radius 3 is 2.24 bits per heavy atom. The molecule has 1 unspecified atom stereocenters. The zero-order valence-electron chi connectivity index (χ0n) is 13.5. The van der Waals surface area contributed by atoms with Crippen molar-refractivity contribution in [3.63, 3.8) is 0 Å². The summed E-state index contributed by atoms with van der Waals surface area (Å²) >= 11 is 0. The van der Waals surface area contributed by atoms with Crippen molar-refractivity contribution < 1.29 is 14.3 Å². The predicted molar refractivity (Wildman–Crippen MR) is 82.6 cm³/mol. The Labute approximate surface area is 126 Å². The molecule has 116 valence electrons. The molecule has 4 nitrogen and oxygen atoms in total. The van der Waals surface area contributed by atoms with Crippen LogP contribution in [0, 0.1) is 5.92 Å². The highest BCUT2D eigenvalue weighted by atomic mass is 16.6. The number of rotatable bonds is 5. The fourth-order valence-electron chi connectivity index (χ4n) is 1.75. The number of carbonyl (C=O) groups is 2. The van der Waals surface area contributed by atoms with E-state index >= 15 is 0 Å². The van der Waals surface area contributed by atoms with E-state index in [1.807, 2.05) is 65.0 Å². The van der Waals surface area contributed by atoms with Crippen LogP contribution in [0.3, 0.4) is 0 Å². The van der Waals surface area contributed by atoms with Crippen molar-refractivity contribution in [1.82, 2.24) is 5.32 Å². The molecule has 1 amide bonds. The van der Waals surface area contributed by atoms with Gasteiger partial charge in [-0.3, -0.25) is 4.79 Å². The lowest BCUT2D eigenvalue weighted by atomic mass is 10.0. The maximum atomic E-state index is 12.4. The molecule has 1 N–H and O–H groups in total. The standard InChI is InChI=1S/C17H25NO3/c1-6-12(2)15(19)18-14(13-10-8-7-9-11-13)16(20)21-17(3,4)5/h7-12,14H,6H2,1-5H3,(H,18,19)/t12?,14-/m0/s1. The van der Waals surface area contributed by atoms with Crippen molar-refractivity contribution in [3.05, 3.63) is 35.9 Å². The molecule has 0 saturated carbocycles. The average molecular weight is 291 g/mol. The van der Waals surface area contributed by atoms with Crippen LogP contribution in [0.5, 0.6) is 0 Å². The normalized spacial score (nSPS) is 14.1. The van der Waals surface area contributed by atoms with E-state index in [0.29, 0.717) is 0 Å². The number of hydrogen-bond donors (Lipinski definition) is 1. The minimum atomic E-state index is -0.771. The molecule has 0 fully saturated rings. The molecule has 2 atom stereocenters. The van der Waals surface area contributed by atoms with Gasteiger partial charge >= 0.3 is 5.97 Å². The fourth-order valence-corrected chi connectivity index (χ4v) is 1.75. The zero-order valence-corrected chi connectivity index (χ0v) is 13.5. The summed E-state index contributed by atoms with van der Waals surface area (Å²) < 4.78 is 5.41. The molecule has 0 bridgehead atoms. The van der Waals surface area contributed by atoms with Gasteiger partial charge in [0.05, 0.1) is 0 Å². The molecule has 0 aliphatic carbocycles. The molecule has 0 aliphatic heterocycles. The summed E-state index contributed by atoms with van der Waals surface area (Å²) in [4.78, 5) is 24.5. The minimum Gasteiger partial charge on any atom is -0.458 e. The van der Waals surface area contributed by atoms with Crippen LogP contribution in [0.1, 0.15) is 52.6 Å². The topological polar surface area (TPSA) is 55.4 Å². The summed E-state index contributed by atoms with van der Waals surface area (Å²) in [6.45, 7) is 9.21. The van der Waals surface area contributed by atoms with E-state index in [1.54, 1.807) is 0 Å². The van der Waals surface area contributed by atoms with Crippen molar-refractivity contribution in [3.8, 4) is 0 Å². The lowest BCUT2D eigenvalue weighted by Gasteiger charge is -2.25. The van der Waals surface area contributed by atoms with Gasteiger partial charge in [-0.25, -0.2) is 4.79 Å². The lowest BCUT2D eigenvalue weighted by Crippen LogP contribution is -2.40. The third-order valence-corrected chi connectivity index (χ3v) is 3.12. The van der Waals surface area contributed by atoms with Crippen molar-refractivity contribution in [1.29, 1.82) is 0 Å². The van der Waals surface area contributed by atoms with Crippen molar-refractivity contribution in [2.45, 2.75) is 52.7 Å². The molecule has 0 aliphatic rings. The second kappa shape index (κ2) is 7.25. The molecule has 1 aromatic carbocycles. The van der Waals surface area contributed by atoms with Crippen LogP contribution in [0.2, 0.25) is 0 Å². The van der Waals surface area contributed by atoms with Gasteiger partial charge in [-0.2, -0.15) is 0 Å². The first-order valence-corrected chi connectivity index (χ1v) is 7.32. The first-order valence-electron chi connectivity index (χ1n) is 7.32. The molecule has 21 heavy (non-hydrogen) atoms. The highest BCUT2D eigenvalue weighted by Gasteiger charge is 2.28. The Balaban J connectivity index is 2.96. The van der Waals surface area contributed by atoms with E-state index in [4.69, 9.17) is 4.74 Å². The highest BCUT2D eigenvalue weighted by Crippen LogP contribution is 2.19. The van der Waals surface area contributed by atoms with Crippen LogP contribution in [0.4, 0.5) is 0 Å². The molecule has 1 aromatic rings. The van der Waals surface area contributed by atoms with E-state index in [9.17, 15) is 9.59 Å². The molecule has 0 saturated heterocycles. The minimum absolute atomic E-state index is 0.140. The third-order valence-electron chi connectivity index (χ3n) is 3.12. The SMILES string of the molecule is CCC(C)C(=O)N[C@H](C(=O)OC(C)(C)C)c1ccccc1. The van der Waals surface area contributed by atoms with Crippen molar-refractivity contribution in [2.24, 2.45) is 5.92 Å². The maximum Gasteiger partial charge on any atom is 0.333 e. The Morgan fingerprint density at radius 1 is 1.19 bits per heavy atom. The number of amides is 1. The number of benzene rings is 1. The monoisotopic (exact) mass is 291 g/mol. The van der Waals surface area contributed by atoms with Gasteiger partial charge in [0, 0.05) is 5.92 Å². The Kier molecular flexibility index (Phi) is 5.94. The van der Waals surface area contributed by atoms with Crippen molar-refractivity contribution in [2.75, 3.05) is 0 Å². The molecule has 0 spiro atoms. The zero-order chi connectivity index (χ0) is 16.0. The predicted octanol–water partition coefficient (Wildman–Crippen LogP) is 3.23. The molecule has 4 heteroatoms. The summed E-state index contributed by atoms with van der Waals surface area (Å²) in [5.74, 6) is -0.721. The summed E-state index contributed by atoms with van der Waals surface area (Å²) in [7, 11) is 0. The van der Waals surface area contributed by atoms with Gasteiger partial charge in [0.25, 0.3) is 0 Å². The van der Waals surface area contributed by atoms with E-state index in [2.05, 4.69) is 5.32 Å². The van der Waals surface area contributed by atoms with Crippen LogP contribution in [-0.2, 0) is 14.3 Å². The molecular formula is C17H25NO3. The summed E-state index contributed by atoms with van der Waals surface area (Å²) in [5, 5.41) is 2.79. The van der Waals surface area contributed by atoms with Crippen LogP contribution in [0.25, 0.3) is 0 Å². The molecule has 0 aromatic heterocycles. The second-order valence-corrected chi connectivity index (χ2v) is 6.20. The van der Waals surface area contributed by atoms with E-state index in [1.165, 1.54) is 0 Å². The van der Waals surface area contributed by atoms with E-state index in [0.717, 1.165) is 12.0 Å². The third kappa shape index (κ3) is 5.58. The molecule has 0 radical (unpaired) electrons. The van der Waals surface area contributed by atoms with Gasteiger partial charge < -0.3 is 10.1 Å². The number of esters is 1. The van der Waals surface area contributed by atoms with Gasteiger partial charge in [-0.05, 0) is 32.8 Å². The Hall–Kier alpha value is -1.84. The Bertz CT molecular complexity index is 477. The van der Waals surface area contributed by atoms with Gasteiger partial charge in [0.2, 0.25) is 5.91 Å². The number of hydrogen-bond acceptors (Lipinski definition) is 3. The number of nitrogens with one attached hydrogen (secondary N) is 1. The van der Waals surface area contributed by atoms with Crippen LogP contribution in [0.15, 0.2) is 30.3 Å². The maximum absolute atomic E-state index is 12.4. The van der Waals surface area contributed by atoms with E-state index < -0.39 is 17.6 Å². The smallest absolute Gasteiger partial charge is 0.333 e. The fraction of sp³-hybridized carbons (Fsp3) is 0.529. The summed E-state index contributed by atoms with van der Waals surface area (Å²) in [6, 6.07) is 8.39. The molecule has 1 rings (SSSR count). The quantitative estimate of drug-likeness (QED) is 0.847. The second-order valence-electron chi connectivity index (χ2n) is 6.20. The van der Waals surface area contributed by atoms with Crippen LogP contribution >= 0.6 is 0 Å². The van der Waals surface area contributed by atoms with Gasteiger partial charge in [-0.15, -0.1) is 0 Å². The van der Waals surface area contributed by atoms with Crippen LogP contribution < -0.4 is 5.32 Å². The van der Waals surface area contributed by atoms with Gasteiger partial charge in [0.15, 0.2) is 6.04 Å². The molecular weight excluding hydrogens is 266 g/mol. The van der Waals surface area contributed by atoms with Gasteiger partial charge in [0.1, 0.15) is 5.60 Å². The lowest BCUT2D eigenvalue weighted by molar-refractivity contribution is -0.159. The molecule has 0 heterocycles. The summed E-state index contributed by atoms with van der Waals surface area (Å²) in [6.07, 6.45) is 0.724. The summed E-state index contributed by atoms with van der Waals surface area (Å²) in [5.41, 5.74) is 0.133. The van der Waals surface area contributed by atoms with E-state index in [-0.39, 0.29) is 11.8 Å². The number of ether oxygens (including phenoxy) is 1. The first kappa shape index (κ1) is 17.2. The Morgan fingerprint density at radius 2 is 1.76 bits per heavy atom. The average Bonchev–Trinajstić information content (AvgIpc) is 2.42. The van der Waals surface area contributed by atoms with Gasteiger partial charge in [-0.1, -0.05) is 44.2 Å². The first-order chi connectivity index (χ1) is 9.74. The number of carbonyl (C=O) groups excluding carboxylic acids is 2.